The standard InChI is InChI=1S/C17H21ClN2O/c1-12(19)14-7-8-17(16(18)10-14)20(2)11-13-5-4-6-15(9-13)21-3/h4-10,12H,11,19H2,1-3H3/t12-/m1/s1. The second-order valence-electron chi connectivity index (χ2n) is 5.21. The summed E-state index contributed by atoms with van der Waals surface area (Å²) < 4.78 is 5.25. The number of hydrogen-bond acceptors (Lipinski definition) is 3. The van der Waals surface area contributed by atoms with Crippen LogP contribution in [-0.2, 0) is 6.54 Å². The van der Waals surface area contributed by atoms with E-state index in [9.17, 15) is 0 Å². The molecule has 21 heavy (non-hydrogen) atoms. The van der Waals surface area contributed by atoms with Crippen molar-refractivity contribution in [3.8, 4) is 5.75 Å². The second kappa shape index (κ2) is 6.83. The van der Waals surface area contributed by atoms with E-state index in [1.54, 1.807) is 7.11 Å². The van der Waals surface area contributed by atoms with E-state index in [2.05, 4.69) is 11.0 Å². The molecule has 0 aliphatic heterocycles. The molecular weight excluding hydrogens is 284 g/mol. The van der Waals surface area contributed by atoms with Gasteiger partial charge < -0.3 is 15.4 Å². The van der Waals surface area contributed by atoms with Gasteiger partial charge in [-0.1, -0.05) is 29.8 Å². The van der Waals surface area contributed by atoms with Crippen molar-refractivity contribution in [2.45, 2.75) is 19.5 Å². The Balaban J connectivity index is 2.18. The van der Waals surface area contributed by atoms with Gasteiger partial charge in [-0.2, -0.15) is 0 Å². The van der Waals surface area contributed by atoms with Gasteiger partial charge in [-0.05, 0) is 42.3 Å². The molecule has 0 aliphatic carbocycles. The number of nitrogens with two attached hydrogens (primary N) is 1. The average Bonchev–Trinajstić information content (AvgIpc) is 2.47. The van der Waals surface area contributed by atoms with Crippen LogP contribution in [0.4, 0.5) is 5.69 Å². The smallest absolute Gasteiger partial charge is 0.119 e. The molecule has 0 heterocycles. The van der Waals surface area contributed by atoms with Crippen LogP contribution < -0.4 is 15.4 Å². The first kappa shape index (κ1) is 15.7. The van der Waals surface area contributed by atoms with Gasteiger partial charge in [-0.3, -0.25) is 0 Å². The van der Waals surface area contributed by atoms with E-state index < -0.39 is 0 Å². The summed E-state index contributed by atoms with van der Waals surface area (Å²) in [5.41, 5.74) is 9.08. The van der Waals surface area contributed by atoms with Crippen LogP contribution >= 0.6 is 11.6 Å². The maximum Gasteiger partial charge on any atom is 0.119 e. The van der Waals surface area contributed by atoms with Crippen molar-refractivity contribution in [3.05, 3.63) is 58.6 Å². The molecule has 2 N–H and O–H groups in total. The molecule has 112 valence electrons. The molecule has 0 spiro atoms. The maximum atomic E-state index is 6.37. The molecular formula is C17H21ClN2O. The van der Waals surface area contributed by atoms with Crippen molar-refractivity contribution in [1.29, 1.82) is 0 Å². The third-order valence-corrected chi connectivity index (χ3v) is 3.77. The Kier molecular flexibility index (Phi) is 5.10. The average molecular weight is 305 g/mol. The first-order valence-corrected chi connectivity index (χ1v) is 7.28. The van der Waals surface area contributed by atoms with Crippen molar-refractivity contribution in [2.75, 3.05) is 19.1 Å². The second-order valence-corrected chi connectivity index (χ2v) is 5.61. The number of nitrogens with zero attached hydrogens (tertiary/aromatic N) is 1. The number of hydrogen-bond donors (Lipinski definition) is 1. The lowest BCUT2D eigenvalue weighted by molar-refractivity contribution is 0.414. The molecule has 0 fully saturated rings. The van der Waals surface area contributed by atoms with Gasteiger partial charge >= 0.3 is 0 Å². The monoisotopic (exact) mass is 304 g/mol. The highest BCUT2D eigenvalue weighted by Crippen LogP contribution is 2.29. The normalized spacial score (nSPS) is 12.0. The van der Waals surface area contributed by atoms with Gasteiger partial charge in [0.15, 0.2) is 0 Å². The summed E-state index contributed by atoms with van der Waals surface area (Å²) in [7, 11) is 3.69. The van der Waals surface area contributed by atoms with E-state index in [0.717, 1.165) is 28.6 Å². The van der Waals surface area contributed by atoms with E-state index in [-0.39, 0.29) is 6.04 Å². The Bertz CT molecular complexity index is 613. The highest BCUT2D eigenvalue weighted by atomic mass is 35.5. The van der Waals surface area contributed by atoms with E-state index in [1.165, 1.54) is 5.56 Å². The third-order valence-electron chi connectivity index (χ3n) is 3.46. The molecule has 0 unspecified atom stereocenters. The lowest BCUT2D eigenvalue weighted by Crippen LogP contribution is -2.17. The molecule has 0 saturated carbocycles. The van der Waals surface area contributed by atoms with Crippen molar-refractivity contribution < 1.29 is 4.74 Å². The topological polar surface area (TPSA) is 38.5 Å². The Hall–Kier alpha value is -1.71. The van der Waals surface area contributed by atoms with E-state index >= 15 is 0 Å². The fourth-order valence-corrected chi connectivity index (χ4v) is 2.58. The summed E-state index contributed by atoms with van der Waals surface area (Å²) in [5, 5.41) is 0.718. The fraction of sp³-hybridized carbons (Fsp3) is 0.294. The van der Waals surface area contributed by atoms with Gasteiger partial charge in [0.05, 0.1) is 17.8 Å². The van der Waals surface area contributed by atoms with Crippen LogP contribution in [0.15, 0.2) is 42.5 Å². The summed E-state index contributed by atoms with van der Waals surface area (Å²) >= 11 is 6.37. The summed E-state index contributed by atoms with van der Waals surface area (Å²) in [6.45, 7) is 2.71. The zero-order valence-electron chi connectivity index (χ0n) is 12.6. The number of anilines is 1. The number of benzene rings is 2. The molecule has 2 aromatic carbocycles. The lowest BCUT2D eigenvalue weighted by atomic mass is 10.1. The van der Waals surface area contributed by atoms with Crippen molar-refractivity contribution in [2.24, 2.45) is 5.73 Å². The fourth-order valence-electron chi connectivity index (χ4n) is 2.25. The molecule has 3 nitrogen and oxygen atoms in total. The number of ether oxygens (including phenoxy) is 1. The van der Waals surface area contributed by atoms with E-state index in [4.69, 9.17) is 22.1 Å². The Morgan fingerprint density at radius 3 is 2.62 bits per heavy atom. The summed E-state index contributed by atoms with van der Waals surface area (Å²) in [5.74, 6) is 0.860. The molecule has 4 heteroatoms. The first-order chi connectivity index (χ1) is 10.0. The molecule has 1 atom stereocenters. The van der Waals surface area contributed by atoms with Crippen LogP contribution in [-0.4, -0.2) is 14.2 Å². The van der Waals surface area contributed by atoms with E-state index in [0.29, 0.717) is 0 Å². The summed E-state index contributed by atoms with van der Waals surface area (Å²) in [4.78, 5) is 2.11. The molecule has 2 aromatic rings. The van der Waals surface area contributed by atoms with Gasteiger partial charge in [0, 0.05) is 19.6 Å². The minimum absolute atomic E-state index is 0.0137. The van der Waals surface area contributed by atoms with Gasteiger partial charge in [-0.15, -0.1) is 0 Å². The van der Waals surface area contributed by atoms with Crippen molar-refractivity contribution in [3.63, 3.8) is 0 Å². The summed E-state index contributed by atoms with van der Waals surface area (Å²) in [6, 6.07) is 14.0. The first-order valence-electron chi connectivity index (χ1n) is 6.90. The number of halogens is 1. The minimum atomic E-state index is -0.0137. The van der Waals surface area contributed by atoms with Gasteiger partial charge in [0.1, 0.15) is 5.75 Å². The Morgan fingerprint density at radius 2 is 2.00 bits per heavy atom. The quantitative estimate of drug-likeness (QED) is 0.907. The van der Waals surface area contributed by atoms with Crippen LogP contribution in [0.1, 0.15) is 24.1 Å². The third kappa shape index (κ3) is 3.90. The summed E-state index contributed by atoms with van der Waals surface area (Å²) in [6.07, 6.45) is 0. The maximum absolute atomic E-state index is 6.37. The molecule has 0 bridgehead atoms. The van der Waals surface area contributed by atoms with Crippen molar-refractivity contribution >= 4 is 17.3 Å². The van der Waals surface area contributed by atoms with E-state index in [1.807, 2.05) is 50.4 Å². The predicted octanol–water partition coefficient (Wildman–Crippen LogP) is 4.00. The van der Waals surface area contributed by atoms with Crippen LogP contribution in [0.25, 0.3) is 0 Å². The SMILES string of the molecule is COc1cccc(CN(C)c2ccc([C@@H](C)N)cc2Cl)c1. The Labute approximate surface area is 131 Å². The molecule has 0 aromatic heterocycles. The number of methoxy groups -OCH3 is 1. The molecule has 2 rings (SSSR count). The van der Waals surface area contributed by atoms with Crippen LogP contribution in [0, 0.1) is 0 Å². The predicted molar refractivity (Wildman–Crippen MR) is 89.2 cm³/mol. The number of rotatable bonds is 5. The largest absolute Gasteiger partial charge is 0.497 e. The van der Waals surface area contributed by atoms with Gasteiger partial charge in [-0.25, -0.2) is 0 Å². The Morgan fingerprint density at radius 1 is 1.24 bits per heavy atom. The molecule has 0 amide bonds. The van der Waals surface area contributed by atoms with Crippen LogP contribution in [0.3, 0.4) is 0 Å². The van der Waals surface area contributed by atoms with Crippen molar-refractivity contribution in [1.82, 2.24) is 0 Å². The zero-order chi connectivity index (χ0) is 15.4. The lowest BCUT2D eigenvalue weighted by Gasteiger charge is -2.22. The highest BCUT2D eigenvalue weighted by Gasteiger charge is 2.09. The molecule has 0 saturated heterocycles. The van der Waals surface area contributed by atoms with Gasteiger partial charge in [0.2, 0.25) is 0 Å². The van der Waals surface area contributed by atoms with Gasteiger partial charge in [0.25, 0.3) is 0 Å². The molecule has 0 aliphatic rings. The van der Waals surface area contributed by atoms with Crippen LogP contribution in [0.5, 0.6) is 5.75 Å². The highest BCUT2D eigenvalue weighted by molar-refractivity contribution is 6.33. The van der Waals surface area contributed by atoms with Crippen LogP contribution in [0.2, 0.25) is 5.02 Å². The minimum Gasteiger partial charge on any atom is -0.497 e. The zero-order valence-corrected chi connectivity index (χ0v) is 13.4. The molecule has 0 radical (unpaired) electrons.